The second-order valence-electron chi connectivity index (χ2n) is 6.84. The van der Waals surface area contributed by atoms with Crippen molar-refractivity contribution in [2.45, 2.75) is 30.3 Å². The number of aryl methyl sites for hydroxylation is 2. The lowest BCUT2D eigenvalue weighted by atomic mass is 10.1. The van der Waals surface area contributed by atoms with Crippen molar-refractivity contribution < 1.29 is 8.78 Å². The van der Waals surface area contributed by atoms with Crippen molar-refractivity contribution in [2.24, 2.45) is 0 Å². The van der Waals surface area contributed by atoms with Crippen LogP contribution < -0.4 is 5.56 Å². The molecule has 5 nitrogen and oxygen atoms in total. The molecule has 0 radical (unpaired) electrons. The predicted octanol–water partition coefficient (Wildman–Crippen LogP) is 4.50. The van der Waals surface area contributed by atoms with Crippen molar-refractivity contribution in [3.8, 4) is 0 Å². The Hall–Kier alpha value is -2.91. The molecule has 0 amide bonds. The fourth-order valence-electron chi connectivity index (χ4n) is 3.02. The van der Waals surface area contributed by atoms with Crippen LogP contribution in [0, 0.1) is 11.6 Å². The number of thioether (sulfide) groups is 1. The zero-order valence-electron chi connectivity index (χ0n) is 16.4. The Morgan fingerprint density at radius 3 is 2.65 bits per heavy atom. The highest BCUT2D eigenvalue weighted by atomic mass is 32.2. The van der Waals surface area contributed by atoms with Gasteiger partial charge >= 0.3 is 0 Å². The van der Waals surface area contributed by atoms with E-state index in [0.717, 1.165) is 18.1 Å². The van der Waals surface area contributed by atoms with Crippen molar-refractivity contribution in [3.05, 3.63) is 104 Å². The molecule has 0 aliphatic heterocycles. The van der Waals surface area contributed by atoms with E-state index < -0.39 is 11.6 Å². The first-order valence-electron chi connectivity index (χ1n) is 9.52. The van der Waals surface area contributed by atoms with Gasteiger partial charge in [-0.05, 0) is 41.1 Å². The van der Waals surface area contributed by atoms with E-state index in [-0.39, 0.29) is 5.56 Å². The largest absolute Gasteiger partial charge is 0.327 e. The van der Waals surface area contributed by atoms with Crippen molar-refractivity contribution in [2.75, 3.05) is 0 Å². The lowest BCUT2D eigenvalue weighted by molar-refractivity contribution is 0.507. The summed E-state index contributed by atoms with van der Waals surface area (Å²) in [6.45, 7) is 0.645. The Kier molecular flexibility index (Phi) is 6.83. The van der Waals surface area contributed by atoms with Gasteiger partial charge in [-0.1, -0.05) is 23.9 Å². The van der Waals surface area contributed by atoms with Gasteiger partial charge < -0.3 is 4.57 Å². The summed E-state index contributed by atoms with van der Waals surface area (Å²) in [5, 5.41) is 2.57. The molecule has 3 heterocycles. The molecule has 4 aromatic rings. The van der Waals surface area contributed by atoms with Gasteiger partial charge in [-0.25, -0.2) is 18.7 Å². The van der Waals surface area contributed by atoms with Crippen molar-refractivity contribution >= 4 is 23.1 Å². The zero-order valence-corrected chi connectivity index (χ0v) is 18.0. The van der Waals surface area contributed by atoms with Crippen LogP contribution in [0.15, 0.2) is 70.6 Å². The first kappa shape index (κ1) is 21.3. The van der Waals surface area contributed by atoms with E-state index in [4.69, 9.17) is 0 Å². The van der Waals surface area contributed by atoms with E-state index in [1.165, 1.54) is 35.1 Å². The second-order valence-corrected chi connectivity index (χ2v) is 8.81. The van der Waals surface area contributed by atoms with Crippen LogP contribution in [0.5, 0.6) is 0 Å². The van der Waals surface area contributed by atoms with Crippen LogP contribution in [0.3, 0.4) is 0 Å². The summed E-state index contributed by atoms with van der Waals surface area (Å²) in [5.74, 6) is -1.40. The summed E-state index contributed by atoms with van der Waals surface area (Å²) in [5.41, 5.74) is 1.68. The number of nitrogens with zero attached hydrogens (tertiary/aromatic N) is 4. The quantitative estimate of drug-likeness (QED) is 0.289. The van der Waals surface area contributed by atoms with Gasteiger partial charge in [0.2, 0.25) is 0 Å². The molecule has 0 saturated heterocycles. The summed E-state index contributed by atoms with van der Waals surface area (Å²) >= 11 is 3.00. The molecule has 0 atom stereocenters. The highest BCUT2D eigenvalue weighted by Gasteiger charge is 2.12. The van der Waals surface area contributed by atoms with Gasteiger partial charge in [-0.2, -0.15) is 4.98 Å². The fourth-order valence-corrected chi connectivity index (χ4v) is 4.65. The molecule has 0 fully saturated rings. The van der Waals surface area contributed by atoms with Crippen LogP contribution >= 0.6 is 23.1 Å². The first-order chi connectivity index (χ1) is 15.1. The Labute approximate surface area is 185 Å². The molecule has 0 unspecified atom stereocenters. The zero-order chi connectivity index (χ0) is 21.6. The highest BCUT2D eigenvalue weighted by Crippen LogP contribution is 2.23. The van der Waals surface area contributed by atoms with Gasteiger partial charge in [0.1, 0.15) is 6.33 Å². The average Bonchev–Trinajstić information content (AvgIpc) is 3.29. The molecule has 0 saturated carbocycles. The Morgan fingerprint density at radius 1 is 1.06 bits per heavy atom. The van der Waals surface area contributed by atoms with Crippen LogP contribution in [-0.2, 0) is 25.1 Å². The maximum absolute atomic E-state index is 13.5. The smallest absolute Gasteiger partial charge is 0.277 e. The van der Waals surface area contributed by atoms with Crippen LogP contribution in [0.25, 0.3) is 0 Å². The number of aromatic nitrogens is 4. The van der Waals surface area contributed by atoms with E-state index in [0.29, 0.717) is 35.0 Å². The topological polar surface area (TPSA) is 60.7 Å². The first-order valence-corrected chi connectivity index (χ1v) is 11.4. The Morgan fingerprint density at radius 2 is 1.90 bits per heavy atom. The number of rotatable bonds is 8. The molecular formula is C22H18F2N4OS2. The molecule has 3 aromatic heterocycles. The molecule has 0 spiro atoms. The molecule has 1 aromatic carbocycles. The van der Waals surface area contributed by atoms with Gasteiger partial charge in [0, 0.05) is 47.7 Å². The molecule has 9 heteroatoms. The van der Waals surface area contributed by atoms with Gasteiger partial charge in [-0.3, -0.25) is 4.79 Å². The van der Waals surface area contributed by atoms with Crippen LogP contribution in [-0.4, -0.2) is 19.5 Å². The van der Waals surface area contributed by atoms with Gasteiger partial charge in [0.15, 0.2) is 16.8 Å². The number of thiophene rings is 1. The van der Waals surface area contributed by atoms with Gasteiger partial charge in [-0.15, -0.1) is 11.3 Å². The third kappa shape index (κ3) is 5.62. The minimum absolute atomic E-state index is 0.316. The molecule has 0 bridgehead atoms. The minimum Gasteiger partial charge on any atom is -0.327 e. The van der Waals surface area contributed by atoms with Crippen LogP contribution in [0.2, 0.25) is 0 Å². The maximum atomic E-state index is 13.5. The number of benzene rings is 1. The lowest BCUT2D eigenvalue weighted by Crippen LogP contribution is -2.20. The van der Waals surface area contributed by atoms with Crippen LogP contribution in [0.4, 0.5) is 8.78 Å². The Balaban J connectivity index is 1.59. The third-order valence-corrected chi connectivity index (χ3v) is 6.57. The van der Waals surface area contributed by atoms with Gasteiger partial charge in [0.25, 0.3) is 5.56 Å². The van der Waals surface area contributed by atoms with E-state index in [1.54, 1.807) is 23.7 Å². The third-order valence-electron chi connectivity index (χ3n) is 4.57. The molecule has 0 aliphatic rings. The summed E-state index contributed by atoms with van der Waals surface area (Å²) in [4.78, 5) is 26.2. The van der Waals surface area contributed by atoms with Crippen molar-refractivity contribution in [3.63, 3.8) is 0 Å². The molecule has 4 rings (SSSR count). The number of hydrogen-bond acceptors (Lipinski definition) is 6. The summed E-state index contributed by atoms with van der Waals surface area (Å²) < 4.78 is 28.7. The lowest BCUT2D eigenvalue weighted by Gasteiger charge is -2.14. The van der Waals surface area contributed by atoms with Crippen molar-refractivity contribution in [1.29, 1.82) is 0 Å². The minimum atomic E-state index is -0.887. The molecule has 31 heavy (non-hydrogen) atoms. The monoisotopic (exact) mass is 456 g/mol. The predicted molar refractivity (Wildman–Crippen MR) is 117 cm³/mol. The van der Waals surface area contributed by atoms with E-state index in [9.17, 15) is 13.6 Å². The van der Waals surface area contributed by atoms with Crippen LogP contribution in [0.1, 0.15) is 21.6 Å². The summed E-state index contributed by atoms with van der Waals surface area (Å²) in [6, 6.07) is 7.87. The standard InChI is InChI=1S/C22H18F2N4OS2/c23-19-4-3-15(9-20(19)24)13-31-22-27-21(29)17(8-16-10-25-14-26-11-16)12-28(22)6-5-18-2-1-7-30-18/h1-4,7,9-12,14H,5-6,8,13H2. The second kappa shape index (κ2) is 9.93. The Bertz CT molecular complexity index is 1210. The summed E-state index contributed by atoms with van der Waals surface area (Å²) in [6.07, 6.45) is 7.81. The highest BCUT2D eigenvalue weighted by molar-refractivity contribution is 7.98. The average molecular weight is 457 g/mol. The molecule has 158 valence electrons. The maximum Gasteiger partial charge on any atom is 0.277 e. The number of halogens is 2. The van der Waals surface area contributed by atoms with Gasteiger partial charge in [0.05, 0.1) is 0 Å². The van der Waals surface area contributed by atoms with E-state index >= 15 is 0 Å². The molecule has 0 aliphatic carbocycles. The normalized spacial score (nSPS) is 11.0. The molecule has 0 N–H and O–H groups in total. The van der Waals surface area contributed by atoms with Crippen molar-refractivity contribution in [1.82, 2.24) is 19.5 Å². The summed E-state index contributed by atoms with van der Waals surface area (Å²) in [7, 11) is 0. The SMILES string of the molecule is O=c1nc(SCc2ccc(F)c(F)c2)n(CCc2cccs2)cc1Cc1cncnc1. The van der Waals surface area contributed by atoms with E-state index in [1.807, 2.05) is 22.2 Å². The fraction of sp³-hybridized carbons (Fsp3) is 0.182. The molecular weight excluding hydrogens is 438 g/mol. The number of hydrogen-bond donors (Lipinski definition) is 0. The van der Waals surface area contributed by atoms with E-state index in [2.05, 4.69) is 21.0 Å².